The van der Waals surface area contributed by atoms with Crippen molar-refractivity contribution in [1.29, 1.82) is 0 Å². The van der Waals surface area contributed by atoms with E-state index >= 15 is 0 Å². The minimum absolute atomic E-state index is 0.0594. The van der Waals surface area contributed by atoms with Crippen LogP contribution in [-0.4, -0.2) is 62.8 Å². The first-order valence-corrected chi connectivity index (χ1v) is 12.9. The van der Waals surface area contributed by atoms with Crippen molar-refractivity contribution >= 4 is 57.1 Å². The van der Waals surface area contributed by atoms with Gasteiger partial charge in [0.05, 0.1) is 17.6 Å². The van der Waals surface area contributed by atoms with Gasteiger partial charge in [-0.25, -0.2) is 0 Å². The van der Waals surface area contributed by atoms with E-state index in [1.807, 2.05) is 46.0 Å². The number of hydrogen-bond donors (Lipinski definition) is 0. The van der Waals surface area contributed by atoms with E-state index in [0.717, 1.165) is 61.8 Å². The highest BCUT2D eigenvalue weighted by molar-refractivity contribution is 8.26. The lowest BCUT2D eigenvalue weighted by Crippen LogP contribution is -2.39. The third-order valence-electron chi connectivity index (χ3n) is 6.83. The largest absolute Gasteiger partial charge is 0.376 e. The maximum Gasteiger partial charge on any atom is 0.266 e. The van der Waals surface area contributed by atoms with Crippen molar-refractivity contribution in [3.63, 3.8) is 0 Å². The molecule has 4 heterocycles. The number of carbonyl (C=O) groups excluding carboxylic acids is 2. The molecule has 0 bridgehead atoms. The van der Waals surface area contributed by atoms with Crippen LogP contribution in [0.2, 0.25) is 0 Å². The summed E-state index contributed by atoms with van der Waals surface area (Å²) >= 11 is 6.84. The smallest absolute Gasteiger partial charge is 0.266 e. The predicted octanol–water partition coefficient (Wildman–Crippen LogP) is 4.28. The van der Waals surface area contributed by atoms with E-state index in [2.05, 4.69) is 6.92 Å². The number of rotatable bonds is 5. The minimum Gasteiger partial charge on any atom is -0.376 e. The average Bonchev–Trinajstić information content (AvgIpc) is 3.51. The van der Waals surface area contributed by atoms with E-state index in [4.69, 9.17) is 17.0 Å². The van der Waals surface area contributed by atoms with Crippen LogP contribution >= 0.6 is 24.0 Å². The van der Waals surface area contributed by atoms with Crippen molar-refractivity contribution in [2.75, 3.05) is 26.2 Å². The Balaban J connectivity index is 1.37. The third-order valence-corrected chi connectivity index (χ3v) is 8.21. The standard InChI is InChI=1S/C25H29N3O3S2/c1-17-8-10-26(11-9-17)23(29)16-27-14-18(20-6-2-3-7-21(20)27)13-22-24(30)28(25(32)33-22)15-19-5-4-12-31-19/h2-3,6-7,13-14,17,19H,4-5,8-12,15-16H2,1H3/b22-13-/t19-/m1/s1. The zero-order valence-electron chi connectivity index (χ0n) is 18.9. The molecule has 6 nitrogen and oxygen atoms in total. The van der Waals surface area contributed by atoms with Gasteiger partial charge in [0, 0.05) is 42.4 Å². The second-order valence-corrected chi connectivity index (χ2v) is 10.9. The highest BCUT2D eigenvalue weighted by Crippen LogP contribution is 2.35. The molecule has 0 saturated carbocycles. The molecule has 1 aromatic carbocycles. The number of ether oxygens (including phenoxy) is 1. The molecule has 0 radical (unpaired) electrons. The maximum absolute atomic E-state index is 13.1. The van der Waals surface area contributed by atoms with Crippen molar-refractivity contribution in [1.82, 2.24) is 14.4 Å². The topological polar surface area (TPSA) is 54.8 Å². The van der Waals surface area contributed by atoms with Gasteiger partial charge in [-0.1, -0.05) is 49.1 Å². The van der Waals surface area contributed by atoms with Gasteiger partial charge >= 0.3 is 0 Å². The number of carbonyl (C=O) groups is 2. The molecule has 1 atom stereocenters. The maximum atomic E-state index is 13.1. The van der Waals surface area contributed by atoms with Crippen LogP contribution in [0, 0.1) is 5.92 Å². The first-order chi connectivity index (χ1) is 16.0. The monoisotopic (exact) mass is 483 g/mol. The van der Waals surface area contributed by atoms with E-state index in [1.54, 1.807) is 4.90 Å². The second-order valence-electron chi connectivity index (χ2n) is 9.22. The first-order valence-electron chi connectivity index (χ1n) is 11.7. The van der Waals surface area contributed by atoms with Gasteiger partial charge in [0.1, 0.15) is 10.9 Å². The summed E-state index contributed by atoms with van der Waals surface area (Å²) in [7, 11) is 0. The SMILES string of the molecule is CC1CCN(C(=O)Cn2cc(/C=C3\SC(=S)N(C[C@H]4CCCO4)C3=O)c3ccccc32)CC1. The highest BCUT2D eigenvalue weighted by atomic mass is 32.2. The number of thioether (sulfide) groups is 1. The van der Waals surface area contributed by atoms with E-state index in [1.165, 1.54) is 11.8 Å². The molecule has 1 aromatic heterocycles. The number of piperidine rings is 1. The molecule has 3 saturated heterocycles. The predicted molar refractivity (Wildman–Crippen MR) is 136 cm³/mol. The van der Waals surface area contributed by atoms with Gasteiger partial charge in [-0.2, -0.15) is 0 Å². The van der Waals surface area contributed by atoms with Gasteiger partial charge in [0.25, 0.3) is 5.91 Å². The molecule has 2 aromatic rings. The van der Waals surface area contributed by atoms with Crippen molar-refractivity contribution in [2.24, 2.45) is 5.92 Å². The molecular weight excluding hydrogens is 454 g/mol. The highest BCUT2D eigenvalue weighted by Gasteiger charge is 2.34. The lowest BCUT2D eigenvalue weighted by Gasteiger charge is -2.30. The van der Waals surface area contributed by atoms with Gasteiger partial charge in [0.15, 0.2) is 0 Å². The molecule has 33 heavy (non-hydrogen) atoms. The summed E-state index contributed by atoms with van der Waals surface area (Å²) in [5.74, 6) is 0.778. The van der Waals surface area contributed by atoms with Crippen molar-refractivity contribution in [3.05, 3.63) is 40.9 Å². The summed E-state index contributed by atoms with van der Waals surface area (Å²) in [4.78, 5) is 30.3. The molecule has 2 amide bonds. The van der Waals surface area contributed by atoms with Crippen LogP contribution in [0.3, 0.4) is 0 Å². The molecule has 3 fully saturated rings. The Morgan fingerprint density at radius 3 is 2.79 bits per heavy atom. The van der Waals surface area contributed by atoms with Crippen LogP contribution in [-0.2, 0) is 20.9 Å². The molecule has 0 N–H and O–H groups in total. The zero-order valence-corrected chi connectivity index (χ0v) is 20.5. The Kier molecular flexibility index (Phi) is 6.58. The number of para-hydroxylation sites is 1. The number of benzene rings is 1. The summed E-state index contributed by atoms with van der Waals surface area (Å²) in [6.45, 7) is 5.49. The fourth-order valence-corrected chi connectivity index (χ4v) is 6.08. The van der Waals surface area contributed by atoms with E-state index in [-0.39, 0.29) is 17.9 Å². The Bertz CT molecular complexity index is 1110. The Morgan fingerprint density at radius 2 is 2.03 bits per heavy atom. The quantitative estimate of drug-likeness (QED) is 0.469. The van der Waals surface area contributed by atoms with Crippen molar-refractivity contribution < 1.29 is 14.3 Å². The number of fused-ring (bicyclic) bond motifs is 1. The van der Waals surface area contributed by atoms with Crippen molar-refractivity contribution in [2.45, 2.75) is 45.3 Å². The number of hydrogen-bond acceptors (Lipinski definition) is 5. The molecule has 0 unspecified atom stereocenters. The normalized spacial score (nSPS) is 23.4. The molecule has 5 rings (SSSR count). The third kappa shape index (κ3) is 4.74. The Labute approximate surface area is 203 Å². The lowest BCUT2D eigenvalue weighted by atomic mass is 9.99. The van der Waals surface area contributed by atoms with Crippen LogP contribution in [0.5, 0.6) is 0 Å². The number of thiocarbonyl (C=S) groups is 1. The summed E-state index contributed by atoms with van der Waals surface area (Å²) in [6.07, 6.45) is 8.10. The molecule has 0 aliphatic carbocycles. The van der Waals surface area contributed by atoms with Gasteiger partial charge < -0.3 is 14.2 Å². The summed E-state index contributed by atoms with van der Waals surface area (Å²) in [5.41, 5.74) is 1.93. The van der Waals surface area contributed by atoms with Crippen molar-refractivity contribution in [3.8, 4) is 0 Å². The number of likely N-dealkylation sites (tertiary alicyclic amines) is 1. The molecule has 174 valence electrons. The molecular formula is C25H29N3O3S2. The number of amides is 2. The minimum atomic E-state index is -0.0594. The van der Waals surface area contributed by atoms with Gasteiger partial charge in [0.2, 0.25) is 5.91 Å². The van der Waals surface area contributed by atoms with Crippen LogP contribution in [0.15, 0.2) is 35.4 Å². The number of nitrogens with zero attached hydrogens (tertiary/aromatic N) is 3. The zero-order chi connectivity index (χ0) is 22.9. The van der Waals surface area contributed by atoms with Crippen LogP contribution in [0.1, 0.15) is 38.2 Å². The fourth-order valence-electron chi connectivity index (χ4n) is 4.82. The Morgan fingerprint density at radius 1 is 1.24 bits per heavy atom. The van der Waals surface area contributed by atoms with Gasteiger partial charge in [-0.05, 0) is 43.7 Å². The Hall–Kier alpha value is -2.16. The van der Waals surface area contributed by atoms with E-state index in [9.17, 15) is 9.59 Å². The van der Waals surface area contributed by atoms with E-state index in [0.29, 0.717) is 28.2 Å². The summed E-state index contributed by atoms with van der Waals surface area (Å²) in [6, 6.07) is 8.04. The molecule has 3 aliphatic rings. The lowest BCUT2D eigenvalue weighted by molar-refractivity contribution is -0.133. The summed E-state index contributed by atoms with van der Waals surface area (Å²) < 4.78 is 8.29. The van der Waals surface area contributed by atoms with Crippen LogP contribution < -0.4 is 0 Å². The molecule has 8 heteroatoms. The summed E-state index contributed by atoms with van der Waals surface area (Å²) in [5, 5.41) is 1.03. The fraction of sp³-hybridized carbons (Fsp3) is 0.480. The van der Waals surface area contributed by atoms with Gasteiger partial charge in [-0.15, -0.1) is 0 Å². The van der Waals surface area contributed by atoms with Crippen LogP contribution in [0.4, 0.5) is 0 Å². The van der Waals surface area contributed by atoms with E-state index < -0.39 is 0 Å². The molecule has 3 aliphatic heterocycles. The average molecular weight is 484 g/mol. The first kappa shape index (κ1) is 22.6. The number of aromatic nitrogens is 1. The van der Waals surface area contributed by atoms with Gasteiger partial charge in [-0.3, -0.25) is 14.5 Å². The van der Waals surface area contributed by atoms with Crippen LogP contribution in [0.25, 0.3) is 17.0 Å². The molecule has 0 spiro atoms. The second kappa shape index (κ2) is 9.60.